The van der Waals surface area contributed by atoms with Gasteiger partial charge in [0, 0.05) is 5.56 Å². The largest absolute Gasteiger partial charge is 0.872 e. The number of hydrogen-bond donors (Lipinski definition) is 1. The summed E-state index contributed by atoms with van der Waals surface area (Å²) in [6, 6.07) is 17.3. The van der Waals surface area contributed by atoms with Gasteiger partial charge in [0.1, 0.15) is 18.1 Å². The van der Waals surface area contributed by atoms with Gasteiger partial charge in [-0.15, -0.1) is 11.3 Å². The van der Waals surface area contributed by atoms with Crippen LogP contribution in [0.3, 0.4) is 0 Å². The Morgan fingerprint density at radius 2 is 1.89 bits per heavy atom. The van der Waals surface area contributed by atoms with Crippen molar-refractivity contribution >= 4 is 38.3 Å². The molecule has 1 heterocycles. The summed E-state index contributed by atoms with van der Waals surface area (Å²) in [6.07, 6.45) is 0. The summed E-state index contributed by atoms with van der Waals surface area (Å²) in [4.78, 5) is 17.9. The number of esters is 1. The lowest BCUT2D eigenvalue weighted by Gasteiger charge is -2.22. The molecule has 4 aromatic rings. The first-order chi connectivity index (χ1) is 13.6. The zero-order chi connectivity index (χ0) is 19.7. The number of nitrogens with zero attached hydrogens (tertiary/aromatic N) is 1. The van der Waals surface area contributed by atoms with Crippen LogP contribution < -0.4 is 10.0 Å². The van der Waals surface area contributed by atoms with E-state index in [-0.39, 0.29) is 11.3 Å². The molecule has 4 rings (SSSR count). The van der Waals surface area contributed by atoms with E-state index in [9.17, 15) is 9.90 Å². The fourth-order valence-electron chi connectivity index (χ4n) is 3.46. The quantitative estimate of drug-likeness (QED) is 0.530. The molecule has 0 amide bonds. The summed E-state index contributed by atoms with van der Waals surface area (Å²) >= 11 is 1.67. The van der Waals surface area contributed by atoms with Crippen molar-refractivity contribution in [2.45, 2.75) is 13.1 Å². The summed E-state index contributed by atoms with van der Waals surface area (Å²) in [7, 11) is 3.33. The number of carbonyl (C=O) groups is 1. The number of para-hydroxylation sites is 1. The lowest BCUT2D eigenvalue weighted by molar-refractivity contribution is -0.907. The van der Waals surface area contributed by atoms with E-state index >= 15 is 0 Å². The maximum atomic E-state index is 13.0. The van der Waals surface area contributed by atoms with Crippen LogP contribution in [0.5, 0.6) is 5.75 Å². The molecule has 0 radical (unpaired) electrons. The van der Waals surface area contributed by atoms with Gasteiger partial charge in [-0.25, -0.2) is 9.78 Å². The average Bonchev–Trinajstić information content (AvgIpc) is 3.11. The van der Waals surface area contributed by atoms with Crippen molar-refractivity contribution in [2.75, 3.05) is 14.2 Å². The van der Waals surface area contributed by atoms with Crippen molar-refractivity contribution < 1.29 is 19.5 Å². The van der Waals surface area contributed by atoms with Gasteiger partial charge < -0.3 is 14.7 Å². The first-order valence-electron chi connectivity index (χ1n) is 9.02. The van der Waals surface area contributed by atoms with Crippen LogP contribution in [-0.2, 0) is 17.8 Å². The molecular weight excluding hydrogens is 372 g/mol. The van der Waals surface area contributed by atoms with E-state index in [2.05, 4.69) is 11.1 Å². The molecule has 1 atom stereocenters. The molecule has 5 nitrogen and oxygen atoms in total. The second kappa shape index (κ2) is 7.58. The summed E-state index contributed by atoms with van der Waals surface area (Å²) in [5, 5.41) is 15.8. The van der Waals surface area contributed by atoms with Gasteiger partial charge in [-0.1, -0.05) is 42.1 Å². The summed E-state index contributed by atoms with van der Waals surface area (Å²) in [5.41, 5.74) is 1.72. The highest BCUT2D eigenvalue weighted by molar-refractivity contribution is 7.18. The Morgan fingerprint density at radius 3 is 2.68 bits per heavy atom. The number of quaternary nitrogens is 1. The van der Waals surface area contributed by atoms with E-state index in [1.165, 1.54) is 7.11 Å². The number of hydrogen-bond acceptors (Lipinski definition) is 5. The number of thiazole rings is 1. The minimum atomic E-state index is -0.596. The van der Waals surface area contributed by atoms with Crippen LogP contribution in [0.1, 0.15) is 20.9 Å². The molecular formula is C22H20N2O3S. The third-order valence-electron chi connectivity index (χ3n) is 4.78. The molecule has 6 heteroatoms. The van der Waals surface area contributed by atoms with Crippen molar-refractivity contribution in [1.82, 2.24) is 4.98 Å². The Morgan fingerprint density at radius 1 is 1.14 bits per heavy atom. The predicted molar refractivity (Wildman–Crippen MR) is 109 cm³/mol. The molecule has 0 saturated carbocycles. The lowest BCUT2D eigenvalue weighted by atomic mass is 9.99. The fraction of sp³-hybridized carbons (Fsp3) is 0.182. The maximum absolute atomic E-state index is 13.0. The standard InChI is InChI=1S/C22H20N2O3S/c1-24(13-20-23-18-9-5-6-10-19(18)28-20)12-17-15-8-4-3-7-14(15)11-16(21(17)25)22(26)27-2/h3-11,25H,12-13H2,1-2H3. The Kier molecular flexibility index (Phi) is 4.98. The fourth-order valence-corrected chi connectivity index (χ4v) is 4.54. The molecule has 0 aliphatic heterocycles. The van der Waals surface area contributed by atoms with E-state index in [1.807, 2.05) is 49.5 Å². The van der Waals surface area contributed by atoms with Gasteiger partial charge in [0.25, 0.3) is 0 Å². The number of methoxy groups -OCH3 is 1. The Bertz CT molecular complexity index is 1140. The second-order valence-electron chi connectivity index (χ2n) is 6.83. The number of aromatic nitrogens is 1. The highest BCUT2D eigenvalue weighted by Crippen LogP contribution is 2.29. The third kappa shape index (κ3) is 3.44. The van der Waals surface area contributed by atoms with E-state index in [0.29, 0.717) is 18.7 Å². The van der Waals surface area contributed by atoms with Crippen LogP contribution >= 0.6 is 11.3 Å². The summed E-state index contributed by atoms with van der Waals surface area (Å²) in [5.74, 6) is -0.852. The van der Waals surface area contributed by atoms with Crippen molar-refractivity contribution in [2.24, 2.45) is 0 Å². The average molecular weight is 392 g/mol. The van der Waals surface area contributed by atoms with Gasteiger partial charge in [-0.2, -0.15) is 0 Å². The first kappa shape index (κ1) is 18.4. The van der Waals surface area contributed by atoms with E-state index < -0.39 is 5.97 Å². The SMILES string of the molecule is COC(=O)c1cc2ccccc2c(C[NH+](C)Cc2nc3ccccc3s2)c1[O-]. The number of nitrogens with one attached hydrogen (secondary N) is 1. The van der Waals surface area contributed by atoms with E-state index in [1.54, 1.807) is 17.4 Å². The maximum Gasteiger partial charge on any atom is 0.337 e. The lowest BCUT2D eigenvalue weighted by Crippen LogP contribution is -3.06. The Labute approximate surface area is 166 Å². The molecule has 28 heavy (non-hydrogen) atoms. The molecule has 0 bridgehead atoms. The van der Waals surface area contributed by atoms with Gasteiger partial charge in [0.05, 0.1) is 29.9 Å². The molecule has 0 saturated heterocycles. The molecule has 3 aromatic carbocycles. The second-order valence-corrected chi connectivity index (χ2v) is 7.95. The van der Waals surface area contributed by atoms with Crippen molar-refractivity contribution in [3.05, 3.63) is 70.7 Å². The van der Waals surface area contributed by atoms with Crippen LogP contribution in [0, 0.1) is 0 Å². The number of ether oxygens (including phenoxy) is 1. The minimum absolute atomic E-state index is 0.0870. The van der Waals surface area contributed by atoms with Crippen LogP contribution in [0.15, 0.2) is 54.6 Å². The van der Waals surface area contributed by atoms with Crippen LogP contribution in [0.4, 0.5) is 0 Å². The van der Waals surface area contributed by atoms with E-state index in [4.69, 9.17) is 4.74 Å². The van der Waals surface area contributed by atoms with Gasteiger partial charge >= 0.3 is 5.97 Å². The predicted octanol–water partition coefficient (Wildman–Crippen LogP) is 2.52. The smallest absolute Gasteiger partial charge is 0.337 e. The molecule has 1 aromatic heterocycles. The van der Waals surface area contributed by atoms with Crippen LogP contribution in [-0.4, -0.2) is 25.1 Å². The van der Waals surface area contributed by atoms with E-state index in [0.717, 1.165) is 30.9 Å². The molecule has 0 aliphatic carbocycles. The normalized spacial score (nSPS) is 12.4. The number of benzene rings is 3. The van der Waals surface area contributed by atoms with Crippen molar-refractivity contribution in [3.63, 3.8) is 0 Å². The third-order valence-corrected chi connectivity index (χ3v) is 5.82. The van der Waals surface area contributed by atoms with Crippen LogP contribution in [0.2, 0.25) is 0 Å². The summed E-state index contributed by atoms with van der Waals surface area (Å²) < 4.78 is 5.96. The van der Waals surface area contributed by atoms with Gasteiger partial charge in [-0.05, 0) is 29.0 Å². The molecule has 1 N–H and O–H groups in total. The highest BCUT2D eigenvalue weighted by Gasteiger charge is 2.17. The topological polar surface area (TPSA) is 66.7 Å². The first-order valence-corrected chi connectivity index (χ1v) is 9.84. The molecule has 0 aliphatic rings. The van der Waals surface area contributed by atoms with Gasteiger partial charge in [-0.3, -0.25) is 0 Å². The molecule has 0 spiro atoms. The number of carbonyl (C=O) groups excluding carboxylic acids is 1. The molecule has 142 valence electrons. The molecule has 1 unspecified atom stereocenters. The van der Waals surface area contributed by atoms with Crippen molar-refractivity contribution in [3.8, 4) is 5.75 Å². The zero-order valence-corrected chi connectivity index (χ0v) is 16.5. The van der Waals surface area contributed by atoms with Crippen LogP contribution in [0.25, 0.3) is 21.0 Å². The minimum Gasteiger partial charge on any atom is -0.872 e. The zero-order valence-electron chi connectivity index (χ0n) is 15.7. The highest BCUT2D eigenvalue weighted by atomic mass is 32.1. The molecule has 0 fully saturated rings. The monoisotopic (exact) mass is 392 g/mol. The van der Waals surface area contributed by atoms with Crippen molar-refractivity contribution in [1.29, 1.82) is 0 Å². The number of fused-ring (bicyclic) bond motifs is 2. The number of rotatable bonds is 5. The van der Waals surface area contributed by atoms with Gasteiger partial charge in [0.2, 0.25) is 0 Å². The Balaban J connectivity index is 1.67. The summed E-state index contributed by atoms with van der Waals surface area (Å²) in [6.45, 7) is 1.20. The Hall–Kier alpha value is -2.96. The van der Waals surface area contributed by atoms with Gasteiger partial charge in [0.15, 0.2) is 0 Å².